The molecule has 1 aromatic carbocycles. The minimum absolute atomic E-state index is 0.117. The molecule has 0 N–H and O–H groups in total. The molecule has 0 saturated carbocycles. The predicted molar refractivity (Wildman–Crippen MR) is 76.6 cm³/mol. The Labute approximate surface area is 119 Å². The number of benzene rings is 1. The van der Waals surface area contributed by atoms with E-state index in [0.717, 1.165) is 42.9 Å². The van der Waals surface area contributed by atoms with E-state index in [1.54, 1.807) is 14.0 Å². The molecule has 20 heavy (non-hydrogen) atoms. The fraction of sp³-hybridized carbons (Fsp3) is 0.562. The monoisotopic (exact) mass is 275 g/mol. The summed E-state index contributed by atoms with van der Waals surface area (Å²) < 4.78 is 11.4. The van der Waals surface area contributed by atoms with Crippen LogP contribution in [0.5, 0.6) is 5.75 Å². The number of hydrogen-bond acceptors (Lipinski definition) is 4. The highest BCUT2D eigenvalue weighted by molar-refractivity contribution is 5.96. The summed E-state index contributed by atoms with van der Waals surface area (Å²) in [7, 11) is 3.84. The van der Waals surface area contributed by atoms with Gasteiger partial charge in [-0.05, 0) is 43.7 Å². The van der Waals surface area contributed by atoms with Crippen molar-refractivity contribution in [3.8, 4) is 5.75 Å². The van der Waals surface area contributed by atoms with Crippen LogP contribution in [0.3, 0.4) is 0 Å². The number of Topliss-reactive ketones (excluding diaryl/α,β-unsaturated/α-hetero) is 1. The first-order chi connectivity index (χ1) is 9.61. The first-order valence-corrected chi connectivity index (χ1v) is 7.13. The highest BCUT2D eigenvalue weighted by Crippen LogP contribution is 2.36. The van der Waals surface area contributed by atoms with Crippen LogP contribution in [0.1, 0.15) is 28.4 Å². The summed E-state index contributed by atoms with van der Waals surface area (Å²) in [6.07, 6.45) is 1.88. The van der Waals surface area contributed by atoms with Gasteiger partial charge in [-0.25, -0.2) is 0 Å². The molecule has 0 radical (unpaired) electrons. The molecule has 0 amide bonds. The molecule has 0 spiro atoms. The van der Waals surface area contributed by atoms with Gasteiger partial charge >= 0.3 is 0 Å². The molecule has 2 atom stereocenters. The van der Waals surface area contributed by atoms with E-state index in [1.165, 1.54) is 5.56 Å². The van der Waals surface area contributed by atoms with Crippen LogP contribution >= 0.6 is 0 Å². The first kappa shape index (κ1) is 13.6. The molecule has 1 heterocycles. The molecule has 4 heteroatoms. The number of nitrogens with zero attached hydrogens (tertiary/aromatic N) is 1. The van der Waals surface area contributed by atoms with Crippen LogP contribution in [0.25, 0.3) is 0 Å². The molecule has 3 rings (SSSR count). The number of morpholine rings is 1. The highest BCUT2D eigenvalue weighted by atomic mass is 16.5. The number of carbonyl (C=O) groups excluding carboxylic acids is 1. The Bertz CT molecular complexity index is 541. The summed E-state index contributed by atoms with van der Waals surface area (Å²) >= 11 is 0. The van der Waals surface area contributed by atoms with Crippen molar-refractivity contribution in [1.82, 2.24) is 4.90 Å². The lowest BCUT2D eigenvalue weighted by Gasteiger charge is -2.43. The number of carbonyl (C=O) groups is 1. The van der Waals surface area contributed by atoms with Gasteiger partial charge in [0.15, 0.2) is 5.78 Å². The quantitative estimate of drug-likeness (QED) is 0.770. The number of methoxy groups -OCH3 is 1. The van der Waals surface area contributed by atoms with Gasteiger partial charge in [-0.1, -0.05) is 0 Å². The van der Waals surface area contributed by atoms with Gasteiger partial charge in [-0.2, -0.15) is 0 Å². The predicted octanol–water partition coefficient (Wildman–Crippen LogP) is 1.70. The van der Waals surface area contributed by atoms with Gasteiger partial charge in [0, 0.05) is 24.6 Å². The number of likely N-dealkylation sites (N-methyl/N-ethyl adjacent to an activating group) is 1. The second kappa shape index (κ2) is 5.19. The third-order valence-corrected chi connectivity index (χ3v) is 4.58. The summed E-state index contributed by atoms with van der Waals surface area (Å²) in [6.45, 7) is 3.36. The van der Waals surface area contributed by atoms with Gasteiger partial charge in [0.2, 0.25) is 0 Å². The number of fused-ring (bicyclic) bond motifs is 2. The number of rotatable bonds is 2. The topological polar surface area (TPSA) is 38.8 Å². The van der Waals surface area contributed by atoms with Crippen LogP contribution in [0, 0.1) is 0 Å². The maximum Gasteiger partial charge on any atom is 0.160 e. The Morgan fingerprint density at radius 3 is 2.85 bits per heavy atom. The van der Waals surface area contributed by atoms with Gasteiger partial charge in [0.05, 0.1) is 19.8 Å². The Morgan fingerprint density at radius 1 is 1.35 bits per heavy atom. The van der Waals surface area contributed by atoms with Crippen LogP contribution < -0.4 is 4.74 Å². The molecular formula is C16H21NO3. The van der Waals surface area contributed by atoms with Gasteiger partial charge in [0.25, 0.3) is 0 Å². The van der Waals surface area contributed by atoms with Crippen LogP contribution in [0.2, 0.25) is 0 Å². The van der Waals surface area contributed by atoms with Crippen LogP contribution in [0.4, 0.5) is 0 Å². The van der Waals surface area contributed by atoms with Crippen molar-refractivity contribution in [2.75, 3.05) is 27.3 Å². The molecule has 1 aliphatic heterocycles. The average molecular weight is 275 g/mol. The standard InChI is InChI=1S/C16H21NO3/c1-10(18)11-4-5-15(19-3)13-8-14-16(9-12(11)13)20-7-6-17(14)2/h4-5,14,16H,6-9H2,1-3H3. The molecule has 2 aliphatic rings. The van der Waals surface area contributed by atoms with Crippen molar-refractivity contribution in [2.24, 2.45) is 0 Å². The maximum atomic E-state index is 11.8. The van der Waals surface area contributed by atoms with Crippen LogP contribution in [-0.2, 0) is 17.6 Å². The lowest BCUT2D eigenvalue weighted by atomic mass is 9.81. The first-order valence-electron chi connectivity index (χ1n) is 7.13. The molecule has 108 valence electrons. The van der Waals surface area contributed by atoms with E-state index >= 15 is 0 Å². The fourth-order valence-corrected chi connectivity index (χ4v) is 3.45. The van der Waals surface area contributed by atoms with E-state index in [4.69, 9.17) is 9.47 Å². The third-order valence-electron chi connectivity index (χ3n) is 4.58. The summed E-state index contributed by atoms with van der Waals surface area (Å²) in [5.74, 6) is 1.01. The molecular weight excluding hydrogens is 254 g/mol. The van der Waals surface area contributed by atoms with Gasteiger partial charge < -0.3 is 9.47 Å². The number of hydrogen-bond donors (Lipinski definition) is 0. The summed E-state index contributed by atoms with van der Waals surface area (Å²) in [5, 5.41) is 0. The van der Waals surface area contributed by atoms with E-state index in [2.05, 4.69) is 11.9 Å². The summed E-state index contributed by atoms with van der Waals surface area (Å²) in [4.78, 5) is 14.2. The zero-order valence-electron chi connectivity index (χ0n) is 12.3. The lowest BCUT2D eigenvalue weighted by Crippen LogP contribution is -2.53. The summed E-state index contributed by atoms with van der Waals surface area (Å²) in [5.41, 5.74) is 3.11. The second-order valence-corrected chi connectivity index (χ2v) is 5.69. The largest absolute Gasteiger partial charge is 0.496 e. The van der Waals surface area contributed by atoms with E-state index in [0.29, 0.717) is 6.04 Å². The van der Waals surface area contributed by atoms with Gasteiger partial charge in [-0.15, -0.1) is 0 Å². The van der Waals surface area contributed by atoms with Crippen molar-refractivity contribution in [3.05, 3.63) is 28.8 Å². The minimum atomic E-state index is 0.117. The zero-order valence-corrected chi connectivity index (χ0v) is 12.3. The third kappa shape index (κ3) is 2.13. The molecule has 1 fully saturated rings. The molecule has 0 aromatic heterocycles. The molecule has 1 saturated heterocycles. The normalized spacial score (nSPS) is 25.8. The van der Waals surface area contributed by atoms with E-state index in [1.807, 2.05) is 12.1 Å². The van der Waals surface area contributed by atoms with E-state index < -0.39 is 0 Å². The Hall–Kier alpha value is -1.39. The highest BCUT2D eigenvalue weighted by Gasteiger charge is 2.37. The molecule has 4 nitrogen and oxygen atoms in total. The maximum absolute atomic E-state index is 11.8. The van der Waals surface area contributed by atoms with Crippen molar-refractivity contribution >= 4 is 5.78 Å². The minimum Gasteiger partial charge on any atom is -0.496 e. The number of ketones is 1. The van der Waals surface area contributed by atoms with Crippen LogP contribution in [0.15, 0.2) is 12.1 Å². The molecule has 1 aromatic rings. The Morgan fingerprint density at radius 2 is 2.15 bits per heavy atom. The molecule has 1 aliphatic carbocycles. The molecule has 2 unspecified atom stereocenters. The van der Waals surface area contributed by atoms with Crippen molar-refractivity contribution in [2.45, 2.75) is 31.9 Å². The Balaban J connectivity index is 2.07. The lowest BCUT2D eigenvalue weighted by molar-refractivity contribution is -0.0646. The zero-order chi connectivity index (χ0) is 14.3. The number of ether oxygens (including phenoxy) is 2. The van der Waals surface area contributed by atoms with E-state index in [9.17, 15) is 4.79 Å². The van der Waals surface area contributed by atoms with E-state index in [-0.39, 0.29) is 11.9 Å². The van der Waals surface area contributed by atoms with Crippen molar-refractivity contribution in [3.63, 3.8) is 0 Å². The van der Waals surface area contributed by atoms with Gasteiger partial charge in [0.1, 0.15) is 5.75 Å². The fourth-order valence-electron chi connectivity index (χ4n) is 3.45. The van der Waals surface area contributed by atoms with Crippen molar-refractivity contribution < 1.29 is 14.3 Å². The molecule has 0 bridgehead atoms. The second-order valence-electron chi connectivity index (χ2n) is 5.69. The SMILES string of the molecule is COc1ccc(C(C)=O)c2c1CC1C(C2)OCCN1C. The van der Waals surface area contributed by atoms with Gasteiger partial charge in [-0.3, -0.25) is 9.69 Å². The van der Waals surface area contributed by atoms with Crippen molar-refractivity contribution in [1.29, 1.82) is 0 Å². The average Bonchev–Trinajstić information content (AvgIpc) is 2.44. The van der Waals surface area contributed by atoms with Crippen LogP contribution in [-0.4, -0.2) is 50.1 Å². The summed E-state index contributed by atoms with van der Waals surface area (Å²) in [6, 6.07) is 4.18. The Kier molecular flexibility index (Phi) is 3.52. The smallest absolute Gasteiger partial charge is 0.160 e.